The van der Waals surface area contributed by atoms with Crippen molar-refractivity contribution >= 4 is 17.5 Å². The lowest BCUT2D eigenvalue weighted by atomic mass is 10.2. The summed E-state index contributed by atoms with van der Waals surface area (Å²) >= 11 is 0. The number of ether oxygens (including phenoxy) is 1. The molecular formula is C21H29N5O. The molecule has 2 aliphatic rings. The van der Waals surface area contributed by atoms with E-state index in [-0.39, 0.29) is 0 Å². The van der Waals surface area contributed by atoms with Gasteiger partial charge in [-0.2, -0.15) is 4.98 Å². The fraction of sp³-hybridized carbons (Fsp3) is 0.524. The molecule has 2 fully saturated rings. The summed E-state index contributed by atoms with van der Waals surface area (Å²) in [4.78, 5) is 16.6. The molecule has 27 heavy (non-hydrogen) atoms. The second-order valence-electron chi connectivity index (χ2n) is 7.29. The van der Waals surface area contributed by atoms with E-state index in [2.05, 4.69) is 31.8 Å². The van der Waals surface area contributed by atoms with Gasteiger partial charge in [0.1, 0.15) is 11.6 Å². The zero-order valence-corrected chi connectivity index (χ0v) is 16.2. The largest absolute Gasteiger partial charge is 0.497 e. The molecule has 6 nitrogen and oxygen atoms in total. The van der Waals surface area contributed by atoms with Gasteiger partial charge in [-0.3, -0.25) is 0 Å². The maximum atomic E-state index is 5.26. The number of rotatable bonds is 4. The van der Waals surface area contributed by atoms with Gasteiger partial charge in [0.2, 0.25) is 5.95 Å². The molecule has 2 aromatic rings. The van der Waals surface area contributed by atoms with Crippen molar-refractivity contribution in [1.29, 1.82) is 0 Å². The Labute approximate surface area is 161 Å². The number of aromatic nitrogens is 2. The van der Waals surface area contributed by atoms with Crippen LogP contribution in [-0.4, -0.2) is 56.3 Å². The van der Waals surface area contributed by atoms with Gasteiger partial charge in [-0.25, -0.2) is 4.98 Å². The summed E-state index contributed by atoms with van der Waals surface area (Å²) in [6.45, 7) is 6.10. The number of piperazine rings is 1. The Kier molecular flexibility index (Phi) is 5.61. The smallest absolute Gasteiger partial charge is 0.227 e. The molecule has 2 aliphatic heterocycles. The average molecular weight is 367 g/mol. The van der Waals surface area contributed by atoms with Crippen molar-refractivity contribution < 1.29 is 4.74 Å². The zero-order valence-electron chi connectivity index (χ0n) is 16.2. The number of hydrogen-bond acceptors (Lipinski definition) is 6. The highest BCUT2D eigenvalue weighted by Crippen LogP contribution is 2.23. The Morgan fingerprint density at radius 1 is 0.741 bits per heavy atom. The number of nitrogens with zero attached hydrogens (tertiary/aromatic N) is 5. The van der Waals surface area contributed by atoms with E-state index in [1.807, 2.05) is 24.4 Å². The van der Waals surface area contributed by atoms with Gasteiger partial charge in [0.15, 0.2) is 0 Å². The predicted octanol–water partition coefficient (Wildman–Crippen LogP) is 3.19. The third-order valence-electron chi connectivity index (χ3n) is 5.56. The average Bonchev–Trinajstić information content (AvgIpc) is 3.04. The Hall–Kier alpha value is -2.50. The van der Waals surface area contributed by atoms with Crippen LogP contribution in [-0.2, 0) is 0 Å². The van der Waals surface area contributed by atoms with Crippen molar-refractivity contribution in [2.45, 2.75) is 25.7 Å². The molecule has 1 aromatic heterocycles. The Balaban J connectivity index is 1.39. The summed E-state index contributed by atoms with van der Waals surface area (Å²) in [5.41, 5.74) is 1.25. The van der Waals surface area contributed by atoms with Crippen molar-refractivity contribution in [3.05, 3.63) is 36.5 Å². The van der Waals surface area contributed by atoms with E-state index in [1.54, 1.807) is 7.11 Å². The summed E-state index contributed by atoms with van der Waals surface area (Å²) in [6.07, 6.45) is 7.05. The first-order valence-electron chi connectivity index (χ1n) is 10.1. The van der Waals surface area contributed by atoms with E-state index in [1.165, 1.54) is 31.4 Å². The minimum Gasteiger partial charge on any atom is -0.497 e. The van der Waals surface area contributed by atoms with Crippen molar-refractivity contribution in [3.8, 4) is 5.75 Å². The first kappa shape index (κ1) is 17.9. The molecule has 0 amide bonds. The van der Waals surface area contributed by atoms with Crippen LogP contribution in [0.4, 0.5) is 17.5 Å². The van der Waals surface area contributed by atoms with Gasteiger partial charge in [-0.15, -0.1) is 0 Å². The highest BCUT2D eigenvalue weighted by atomic mass is 16.5. The minimum absolute atomic E-state index is 0.895. The van der Waals surface area contributed by atoms with Crippen LogP contribution in [0.3, 0.4) is 0 Å². The van der Waals surface area contributed by atoms with Crippen molar-refractivity contribution in [2.24, 2.45) is 0 Å². The van der Waals surface area contributed by atoms with Gasteiger partial charge in [0, 0.05) is 51.2 Å². The number of methoxy groups -OCH3 is 1. The molecule has 0 bridgehead atoms. The highest BCUT2D eigenvalue weighted by Gasteiger charge is 2.20. The molecule has 3 heterocycles. The molecule has 144 valence electrons. The summed E-state index contributed by atoms with van der Waals surface area (Å²) in [7, 11) is 1.70. The quantitative estimate of drug-likeness (QED) is 0.827. The summed E-state index contributed by atoms with van der Waals surface area (Å²) in [5.74, 6) is 2.85. The van der Waals surface area contributed by atoms with Gasteiger partial charge >= 0.3 is 0 Å². The molecule has 0 radical (unpaired) electrons. The zero-order chi connectivity index (χ0) is 18.5. The normalized spacial score (nSPS) is 18.3. The maximum Gasteiger partial charge on any atom is 0.227 e. The molecule has 6 heteroatoms. The Morgan fingerprint density at radius 2 is 1.41 bits per heavy atom. The van der Waals surface area contributed by atoms with E-state index >= 15 is 0 Å². The van der Waals surface area contributed by atoms with Crippen molar-refractivity contribution in [2.75, 3.05) is 61.1 Å². The molecule has 0 saturated carbocycles. The lowest BCUT2D eigenvalue weighted by Gasteiger charge is -2.37. The molecule has 0 N–H and O–H groups in total. The lowest BCUT2D eigenvalue weighted by molar-refractivity contribution is 0.415. The summed E-state index contributed by atoms with van der Waals surface area (Å²) in [5, 5.41) is 0. The topological polar surface area (TPSA) is 44.7 Å². The van der Waals surface area contributed by atoms with Crippen molar-refractivity contribution in [1.82, 2.24) is 9.97 Å². The van der Waals surface area contributed by atoms with Crippen LogP contribution >= 0.6 is 0 Å². The standard InChI is InChI=1S/C21H29N5O/c1-27-19-8-6-18(7-9-19)24-14-16-25(17-15-24)20-10-11-22-21(23-20)26-12-4-2-3-5-13-26/h6-11H,2-5,12-17H2,1H3. The van der Waals surface area contributed by atoms with Crippen LogP contribution in [0, 0.1) is 0 Å². The molecule has 0 unspecified atom stereocenters. The van der Waals surface area contributed by atoms with Crippen LogP contribution in [0.25, 0.3) is 0 Å². The van der Waals surface area contributed by atoms with Gasteiger partial charge in [0.25, 0.3) is 0 Å². The molecule has 1 aromatic carbocycles. The van der Waals surface area contributed by atoms with Gasteiger partial charge < -0.3 is 19.4 Å². The fourth-order valence-electron chi connectivity index (χ4n) is 3.93. The SMILES string of the molecule is COc1ccc(N2CCN(c3ccnc(N4CCCCCC4)n3)CC2)cc1. The molecular weight excluding hydrogens is 338 g/mol. The highest BCUT2D eigenvalue weighted by molar-refractivity contribution is 5.52. The first-order chi connectivity index (χ1) is 13.3. The summed E-state index contributed by atoms with van der Waals surface area (Å²) < 4.78 is 5.26. The second-order valence-corrected chi connectivity index (χ2v) is 7.29. The van der Waals surface area contributed by atoms with E-state index in [9.17, 15) is 0 Å². The fourth-order valence-corrected chi connectivity index (χ4v) is 3.93. The van der Waals surface area contributed by atoms with Gasteiger partial charge in [-0.05, 0) is 43.2 Å². The predicted molar refractivity (Wildman–Crippen MR) is 110 cm³/mol. The van der Waals surface area contributed by atoms with Crippen LogP contribution < -0.4 is 19.4 Å². The first-order valence-corrected chi connectivity index (χ1v) is 10.1. The van der Waals surface area contributed by atoms with E-state index < -0.39 is 0 Å². The van der Waals surface area contributed by atoms with Crippen molar-refractivity contribution in [3.63, 3.8) is 0 Å². The van der Waals surface area contributed by atoms with Crippen LogP contribution in [0.2, 0.25) is 0 Å². The summed E-state index contributed by atoms with van der Waals surface area (Å²) in [6, 6.07) is 10.4. The maximum absolute atomic E-state index is 5.26. The van der Waals surface area contributed by atoms with E-state index in [0.717, 1.165) is 56.8 Å². The second kappa shape index (κ2) is 8.46. The van der Waals surface area contributed by atoms with E-state index in [4.69, 9.17) is 9.72 Å². The molecule has 2 saturated heterocycles. The van der Waals surface area contributed by atoms with Crippen LogP contribution in [0.1, 0.15) is 25.7 Å². The van der Waals surface area contributed by atoms with Gasteiger partial charge in [0.05, 0.1) is 7.11 Å². The van der Waals surface area contributed by atoms with E-state index in [0.29, 0.717) is 0 Å². The number of anilines is 3. The number of benzene rings is 1. The third kappa shape index (κ3) is 4.26. The molecule has 0 atom stereocenters. The Bertz CT molecular complexity index is 720. The van der Waals surface area contributed by atoms with Crippen LogP contribution in [0.15, 0.2) is 36.5 Å². The Morgan fingerprint density at radius 3 is 2.07 bits per heavy atom. The lowest BCUT2D eigenvalue weighted by Crippen LogP contribution is -2.47. The molecule has 0 spiro atoms. The molecule has 0 aliphatic carbocycles. The number of hydrogen-bond donors (Lipinski definition) is 0. The third-order valence-corrected chi connectivity index (χ3v) is 5.56. The van der Waals surface area contributed by atoms with Crippen LogP contribution in [0.5, 0.6) is 5.75 Å². The monoisotopic (exact) mass is 367 g/mol. The molecule has 4 rings (SSSR count). The van der Waals surface area contributed by atoms with Gasteiger partial charge in [-0.1, -0.05) is 12.8 Å². The minimum atomic E-state index is 0.895.